The molecule has 0 amide bonds. The summed E-state index contributed by atoms with van der Waals surface area (Å²) in [5, 5.41) is 12.5. The summed E-state index contributed by atoms with van der Waals surface area (Å²) in [5.41, 5.74) is 3.18. The minimum atomic E-state index is -0.445. The first-order chi connectivity index (χ1) is 15.4. The molecule has 0 N–H and O–H groups in total. The number of rotatable bonds is 7. The van der Waals surface area contributed by atoms with Gasteiger partial charge in [-0.15, -0.1) is 0 Å². The van der Waals surface area contributed by atoms with Gasteiger partial charge in [-0.3, -0.25) is 10.1 Å². The Balaban J connectivity index is 1.68. The number of aryl methyl sites for hydroxylation is 2. The molecule has 0 bridgehead atoms. The first kappa shape index (κ1) is 21.4. The van der Waals surface area contributed by atoms with Crippen LogP contribution in [0.25, 0.3) is 10.9 Å². The summed E-state index contributed by atoms with van der Waals surface area (Å²) < 4.78 is 26.4. The zero-order chi connectivity index (χ0) is 22.7. The van der Waals surface area contributed by atoms with Crippen molar-refractivity contribution in [2.45, 2.75) is 19.8 Å². The van der Waals surface area contributed by atoms with Gasteiger partial charge in [0.05, 0.1) is 10.4 Å². The molecule has 0 aliphatic carbocycles. The minimum Gasteiger partial charge on any atom is -0.321 e. The summed E-state index contributed by atoms with van der Waals surface area (Å²) in [6.45, 7) is 2.29. The molecule has 4 aromatic rings. The van der Waals surface area contributed by atoms with Crippen molar-refractivity contribution in [2.75, 3.05) is 11.4 Å². The number of benzene rings is 3. The average molecular weight is 433 g/mol. The summed E-state index contributed by atoms with van der Waals surface area (Å²) in [7, 11) is 0. The van der Waals surface area contributed by atoms with Crippen LogP contribution in [-0.2, 0) is 12.8 Å². The lowest BCUT2D eigenvalue weighted by Crippen LogP contribution is -2.19. The van der Waals surface area contributed by atoms with Crippen LogP contribution in [0.2, 0.25) is 0 Å². The van der Waals surface area contributed by atoms with Crippen molar-refractivity contribution < 1.29 is 13.7 Å². The Morgan fingerprint density at radius 2 is 1.47 bits per heavy atom. The number of anilines is 2. The Bertz CT molecular complexity index is 1260. The van der Waals surface area contributed by atoms with E-state index in [1.807, 2.05) is 25.1 Å². The van der Waals surface area contributed by atoms with Crippen LogP contribution in [0.15, 0.2) is 72.8 Å². The maximum Gasteiger partial charge on any atom is 0.312 e. The van der Waals surface area contributed by atoms with Crippen molar-refractivity contribution in [3.63, 3.8) is 0 Å². The van der Waals surface area contributed by atoms with Crippen molar-refractivity contribution in [2.24, 2.45) is 0 Å². The van der Waals surface area contributed by atoms with E-state index >= 15 is 0 Å². The molecule has 0 atom stereocenters. The topological polar surface area (TPSA) is 59.3 Å². The summed E-state index contributed by atoms with van der Waals surface area (Å²) >= 11 is 0. The summed E-state index contributed by atoms with van der Waals surface area (Å²) in [4.78, 5) is 17.7. The van der Waals surface area contributed by atoms with Crippen molar-refractivity contribution >= 4 is 28.1 Å². The van der Waals surface area contributed by atoms with E-state index < -0.39 is 4.92 Å². The number of halogens is 2. The van der Waals surface area contributed by atoms with Gasteiger partial charge in [-0.2, -0.15) is 0 Å². The molecule has 162 valence electrons. The lowest BCUT2D eigenvalue weighted by atomic mass is 10.0. The third kappa shape index (κ3) is 4.56. The smallest absolute Gasteiger partial charge is 0.312 e. The second-order valence-electron chi connectivity index (χ2n) is 7.46. The SMILES string of the molecule is CCN(c1ccc(F)cc1)c1nc2ccc(CCc3ccc(F)cc3)cc2cc1[N+](=O)[O-]. The van der Waals surface area contributed by atoms with Gasteiger partial charge in [-0.1, -0.05) is 18.2 Å². The first-order valence-corrected chi connectivity index (χ1v) is 10.3. The van der Waals surface area contributed by atoms with Gasteiger partial charge in [-0.05, 0) is 79.4 Å². The number of hydrogen-bond donors (Lipinski definition) is 0. The van der Waals surface area contributed by atoms with Gasteiger partial charge in [0.25, 0.3) is 0 Å². The van der Waals surface area contributed by atoms with Crippen molar-refractivity contribution in [3.05, 3.63) is 106 Å². The zero-order valence-electron chi connectivity index (χ0n) is 17.5. The molecule has 1 aromatic heterocycles. The minimum absolute atomic E-state index is 0.112. The van der Waals surface area contributed by atoms with Gasteiger partial charge >= 0.3 is 5.69 Å². The molecule has 4 rings (SSSR count). The number of aromatic nitrogens is 1. The first-order valence-electron chi connectivity index (χ1n) is 10.3. The average Bonchev–Trinajstić information content (AvgIpc) is 2.79. The third-order valence-corrected chi connectivity index (χ3v) is 5.36. The maximum atomic E-state index is 13.3. The fourth-order valence-corrected chi connectivity index (χ4v) is 3.71. The molecule has 1 heterocycles. The Morgan fingerprint density at radius 3 is 2.09 bits per heavy atom. The van der Waals surface area contributed by atoms with Gasteiger partial charge in [0, 0.05) is 23.7 Å². The van der Waals surface area contributed by atoms with Gasteiger partial charge < -0.3 is 4.90 Å². The molecule has 0 spiro atoms. The fourth-order valence-electron chi connectivity index (χ4n) is 3.71. The van der Waals surface area contributed by atoms with Crippen LogP contribution in [0.5, 0.6) is 0 Å². The zero-order valence-corrected chi connectivity index (χ0v) is 17.5. The van der Waals surface area contributed by atoms with E-state index in [9.17, 15) is 18.9 Å². The van der Waals surface area contributed by atoms with Crippen LogP contribution in [0.3, 0.4) is 0 Å². The Labute approximate surface area is 184 Å². The van der Waals surface area contributed by atoms with Crippen molar-refractivity contribution in [1.29, 1.82) is 0 Å². The molecule has 0 aliphatic rings. The number of nitro groups is 1. The van der Waals surface area contributed by atoms with Crippen LogP contribution in [0, 0.1) is 21.7 Å². The second kappa shape index (κ2) is 9.09. The van der Waals surface area contributed by atoms with E-state index in [2.05, 4.69) is 4.98 Å². The number of nitrogens with zero attached hydrogens (tertiary/aromatic N) is 3. The molecular weight excluding hydrogens is 412 g/mol. The Kier molecular flexibility index (Phi) is 6.07. The molecule has 0 saturated carbocycles. The van der Waals surface area contributed by atoms with E-state index in [4.69, 9.17) is 0 Å². The second-order valence-corrected chi connectivity index (χ2v) is 7.46. The molecule has 32 heavy (non-hydrogen) atoms. The summed E-state index contributed by atoms with van der Waals surface area (Å²) in [6.07, 6.45) is 1.45. The van der Waals surface area contributed by atoms with E-state index in [0.29, 0.717) is 29.6 Å². The van der Waals surface area contributed by atoms with E-state index in [1.54, 1.807) is 29.2 Å². The van der Waals surface area contributed by atoms with Gasteiger partial charge in [0.15, 0.2) is 0 Å². The normalized spacial score (nSPS) is 11.0. The summed E-state index contributed by atoms with van der Waals surface area (Å²) in [6, 6.07) is 19.4. The lowest BCUT2D eigenvalue weighted by Gasteiger charge is -2.22. The standard InChI is InChI=1S/C25H21F2N3O2/c1-2-29(22-12-10-21(27)11-13-22)25-24(30(31)32)16-19-15-18(7-14-23(19)28-25)4-3-17-5-8-20(26)9-6-17/h5-16H,2-4H2,1H3. The fraction of sp³-hybridized carbons (Fsp3) is 0.160. The number of pyridine rings is 1. The predicted molar refractivity (Wildman–Crippen MR) is 121 cm³/mol. The molecule has 0 unspecified atom stereocenters. The Hall–Kier alpha value is -3.87. The van der Waals surface area contributed by atoms with Gasteiger partial charge in [-0.25, -0.2) is 13.8 Å². The molecule has 7 heteroatoms. The number of fused-ring (bicyclic) bond motifs is 1. The quantitative estimate of drug-likeness (QED) is 0.251. The number of hydrogen-bond acceptors (Lipinski definition) is 4. The maximum absolute atomic E-state index is 13.3. The molecule has 5 nitrogen and oxygen atoms in total. The van der Waals surface area contributed by atoms with Crippen molar-refractivity contribution in [3.8, 4) is 0 Å². The van der Waals surface area contributed by atoms with Gasteiger partial charge in [0.2, 0.25) is 5.82 Å². The van der Waals surface area contributed by atoms with E-state index in [1.165, 1.54) is 30.3 Å². The largest absolute Gasteiger partial charge is 0.321 e. The highest BCUT2D eigenvalue weighted by molar-refractivity contribution is 5.86. The summed E-state index contributed by atoms with van der Waals surface area (Å²) in [5.74, 6) is -0.426. The molecule has 3 aromatic carbocycles. The monoisotopic (exact) mass is 433 g/mol. The third-order valence-electron chi connectivity index (χ3n) is 5.36. The molecule has 0 saturated heterocycles. The highest BCUT2D eigenvalue weighted by Gasteiger charge is 2.23. The van der Waals surface area contributed by atoms with Crippen LogP contribution in [-0.4, -0.2) is 16.5 Å². The Morgan fingerprint density at radius 1 is 0.875 bits per heavy atom. The highest BCUT2D eigenvalue weighted by atomic mass is 19.1. The van der Waals surface area contributed by atoms with Crippen LogP contribution in [0.1, 0.15) is 18.1 Å². The predicted octanol–water partition coefficient (Wildman–Crippen LogP) is 6.36. The highest BCUT2D eigenvalue weighted by Crippen LogP contribution is 2.34. The molecule has 0 radical (unpaired) electrons. The molecule has 0 aliphatic heterocycles. The molecule has 0 fully saturated rings. The van der Waals surface area contributed by atoms with Crippen LogP contribution < -0.4 is 4.90 Å². The molecular formula is C25H21F2N3O2. The van der Waals surface area contributed by atoms with Crippen LogP contribution >= 0.6 is 0 Å². The van der Waals surface area contributed by atoms with Crippen molar-refractivity contribution in [1.82, 2.24) is 4.98 Å². The van der Waals surface area contributed by atoms with E-state index in [0.717, 1.165) is 17.5 Å². The lowest BCUT2D eigenvalue weighted by molar-refractivity contribution is -0.384. The van der Waals surface area contributed by atoms with Crippen LogP contribution in [0.4, 0.5) is 26.0 Å². The van der Waals surface area contributed by atoms with Gasteiger partial charge in [0.1, 0.15) is 11.6 Å². The van der Waals surface area contributed by atoms with E-state index in [-0.39, 0.29) is 23.1 Å².